The Kier molecular flexibility index (Phi) is 3.76. The number of carbonyl (C=O) groups excluding carboxylic acids is 1. The number of aryl methyl sites for hydroxylation is 1. The molecule has 0 N–H and O–H groups in total. The Balaban J connectivity index is 2.07. The molecule has 0 aromatic carbocycles. The van der Waals surface area contributed by atoms with Crippen molar-refractivity contribution in [2.75, 3.05) is 18.6 Å². The van der Waals surface area contributed by atoms with Crippen LogP contribution in [-0.4, -0.2) is 30.7 Å². The van der Waals surface area contributed by atoms with Crippen LogP contribution >= 0.6 is 23.1 Å². The highest BCUT2D eigenvalue weighted by Gasteiger charge is 2.24. The summed E-state index contributed by atoms with van der Waals surface area (Å²) < 4.78 is 10.6. The van der Waals surface area contributed by atoms with Crippen LogP contribution in [0.4, 0.5) is 0 Å². The SMILES string of the molecule is COc1cc(C)sc1C(=O)O[C@@H]1CCSC1. The zero-order valence-electron chi connectivity index (χ0n) is 9.32. The van der Waals surface area contributed by atoms with Crippen LogP contribution in [0.15, 0.2) is 6.07 Å². The van der Waals surface area contributed by atoms with Crippen molar-refractivity contribution in [1.82, 2.24) is 0 Å². The van der Waals surface area contributed by atoms with E-state index in [0.717, 1.165) is 22.8 Å². The lowest BCUT2D eigenvalue weighted by Crippen LogP contribution is -2.17. The summed E-state index contributed by atoms with van der Waals surface area (Å²) in [4.78, 5) is 13.5. The smallest absolute Gasteiger partial charge is 0.352 e. The zero-order chi connectivity index (χ0) is 11.5. The molecule has 5 heteroatoms. The molecule has 88 valence electrons. The van der Waals surface area contributed by atoms with Crippen molar-refractivity contribution in [2.45, 2.75) is 19.4 Å². The lowest BCUT2D eigenvalue weighted by molar-refractivity contribution is 0.0359. The number of thioether (sulfide) groups is 1. The molecule has 1 aromatic heterocycles. The monoisotopic (exact) mass is 258 g/mol. The Labute approximate surface area is 103 Å². The molecule has 0 aliphatic carbocycles. The van der Waals surface area contributed by atoms with Crippen LogP contribution in [0.2, 0.25) is 0 Å². The van der Waals surface area contributed by atoms with Gasteiger partial charge in [-0.25, -0.2) is 4.79 Å². The molecule has 1 saturated heterocycles. The summed E-state index contributed by atoms with van der Waals surface area (Å²) in [5.74, 6) is 2.37. The number of esters is 1. The minimum atomic E-state index is -0.248. The molecule has 1 fully saturated rings. The van der Waals surface area contributed by atoms with Gasteiger partial charge in [0.05, 0.1) is 7.11 Å². The van der Waals surface area contributed by atoms with Gasteiger partial charge in [0.15, 0.2) is 4.88 Å². The minimum Gasteiger partial charge on any atom is -0.495 e. The van der Waals surface area contributed by atoms with Crippen LogP contribution in [0.25, 0.3) is 0 Å². The fourth-order valence-electron chi connectivity index (χ4n) is 1.60. The predicted octanol–water partition coefficient (Wildman–Crippen LogP) is 2.73. The largest absolute Gasteiger partial charge is 0.495 e. The van der Waals surface area contributed by atoms with Crippen LogP contribution in [0.3, 0.4) is 0 Å². The average Bonchev–Trinajstić information content (AvgIpc) is 2.86. The molecule has 2 heterocycles. The number of hydrogen-bond donors (Lipinski definition) is 0. The van der Waals surface area contributed by atoms with Crippen LogP contribution in [0, 0.1) is 6.92 Å². The molecule has 0 radical (unpaired) electrons. The summed E-state index contributed by atoms with van der Waals surface area (Å²) in [5.41, 5.74) is 0. The van der Waals surface area contributed by atoms with Gasteiger partial charge in [-0.1, -0.05) is 0 Å². The van der Waals surface area contributed by atoms with Crippen molar-refractivity contribution in [3.8, 4) is 5.75 Å². The van der Waals surface area contributed by atoms with Gasteiger partial charge >= 0.3 is 5.97 Å². The molecule has 0 bridgehead atoms. The second kappa shape index (κ2) is 5.10. The lowest BCUT2D eigenvalue weighted by Gasteiger charge is -2.10. The second-order valence-corrected chi connectivity index (χ2v) is 6.05. The third kappa shape index (κ3) is 2.52. The van der Waals surface area contributed by atoms with Crippen molar-refractivity contribution in [2.24, 2.45) is 0 Å². The van der Waals surface area contributed by atoms with E-state index in [2.05, 4.69) is 0 Å². The van der Waals surface area contributed by atoms with Gasteiger partial charge in [-0.15, -0.1) is 11.3 Å². The highest BCUT2D eigenvalue weighted by molar-refractivity contribution is 7.99. The first-order chi connectivity index (χ1) is 7.70. The maximum atomic E-state index is 11.9. The first-order valence-corrected chi connectivity index (χ1v) is 7.11. The first kappa shape index (κ1) is 11.8. The van der Waals surface area contributed by atoms with Crippen LogP contribution in [-0.2, 0) is 4.74 Å². The molecular weight excluding hydrogens is 244 g/mol. The van der Waals surface area contributed by atoms with E-state index in [4.69, 9.17) is 9.47 Å². The summed E-state index contributed by atoms with van der Waals surface area (Å²) in [7, 11) is 1.57. The van der Waals surface area contributed by atoms with Crippen molar-refractivity contribution in [3.63, 3.8) is 0 Å². The van der Waals surface area contributed by atoms with Crippen molar-refractivity contribution in [1.29, 1.82) is 0 Å². The van der Waals surface area contributed by atoms with Crippen molar-refractivity contribution in [3.05, 3.63) is 15.8 Å². The van der Waals surface area contributed by atoms with Gasteiger partial charge in [-0.2, -0.15) is 11.8 Å². The van der Waals surface area contributed by atoms with Gasteiger partial charge in [-0.05, 0) is 25.2 Å². The first-order valence-electron chi connectivity index (χ1n) is 5.14. The molecule has 1 aliphatic rings. The molecule has 0 spiro atoms. The number of methoxy groups -OCH3 is 1. The summed E-state index contributed by atoms with van der Waals surface area (Å²) in [6.45, 7) is 1.95. The number of carbonyl (C=O) groups is 1. The summed E-state index contributed by atoms with van der Waals surface area (Å²) in [5, 5.41) is 0. The quantitative estimate of drug-likeness (QED) is 0.781. The number of hydrogen-bond acceptors (Lipinski definition) is 5. The number of rotatable bonds is 3. The molecule has 0 amide bonds. The average molecular weight is 258 g/mol. The standard InChI is InChI=1S/C11H14O3S2/c1-7-5-9(13-2)10(16-7)11(12)14-8-3-4-15-6-8/h5,8H,3-4,6H2,1-2H3/t8-/m1/s1. The summed E-state index contributed by atoms with van der Waals surface area (Å²) in [6.07, 6.45) is 1.04. The summed E-state index contributed by atoms with van der Waals surface area (Å²) >= 11 is 3.25. The number of thiophene rings is 1. The van der Waals surface area contributed by atoms with Crippen molar-refractivity contribution >= 4 is 29.1 Å². The van der Waals surface area contributed by atoms with Gasteiger partial charge < -0.3 is 9.47 Å². The topological polar surface area (TPSA) is 35.5 Å². The van der Waals surface area contributed by atoms with E-state index in [0.29, 0.717) is 10.6 Å². The van der Waals surface area contributed by atoms with E-state index >= 15 is 0 Å². The van der Waals surface area contributed by atoms with E-state index in [-0.39, 0.29) is 12.1 Å². The van der Waals surface area contributed by atoms with Crippen LogP contribution in [0.5, 0.6) is 5.75 Å². The molecule has 0 saturated carbocycles. The van der Waals surface area contributed by atoms with E-state index in [9.17, 15) is 4.79 Å². The van der Waals surface area contributed by atoms with Gasteiger partial charge in [-0.3, -0.25) is 0 Å². The number of ether oxygens (including phenoxy) is 2. The molecule has 1 aliphatic heterocycles. The molecular formula is C11H14O3S2. The predicted molar refractivity (Wildman–Crippen MR) is 66.8 cm³/mol. The molecule has 2 rings (SSSR count). The van der Waals surface area contributed by atoms with E-state index in [1.807, 2.05) is 24.8 Å². The van der Waals surface area contributed by atoms with Gasteiger partial charge in [0.1, 0.15) is 11.9 Å². The summed E-state index contributed by atoms with van der Waals surface area (Å²) in [6, 6.07) is 1.87. The van der Waals surface area contributed by atoms with E-state index in [1.165, 1.54) is 11.3 Å². The molecule has 0 unspecified atom stereocenters. The van der Waals surface area contributed by atoms with Crippen LogP contribution in [0.1, 0.15) is 21.0 Å². The maximum Gasteiger partial charge on any atom is 0.352 e. The molecule has 3 nitrogen and oxygen atoms in total. The van der Waals surface area contributed by atoms with Gasteiger partial charge in [0, 0.05) is 10.6 Å². The van der Waals surface area contributed by atoms with E-state index in [1.54, 1.807) is 7.11 Å². The molecule has 16 heavy (non-hydrogen) atoms. The van der Waals surface area contributed by atoms with Crippen LogP contribution < -0.4 is 4.74 Å². The molecule has 1 atom stereocenters. The Hall–Kier alpha value is -0.680. The molecule has 1 aromatic rings. The van der Waals surface area contributed by atoms with Gasteiger partial charge in [0.2, 0.25) is 0 Å². The van der Waals surface area contributed by atoms with E-state index < -0.39 is 0 Å². The Morgan fingerprint density at radius 2 is 2.38 bits per heavy atom. The Morgan fingerprint density at radius 3 is 3.00 bits per heavy atom. The third-order valence-corrected chi connectivity index (χ3v) is 4.53. The third-order valence-electron chi connectivity index (χ3n) is 2.39. The Bertz CT molecular complexity index is 381. The van der Waals surface area contributed by atoms with Gasteiger partial charge in [0.25, 0.3) is 0 Å². The minimum absolute atomic E-state index is 0.0737. The normalized spacial score (nSPS) is 19.8. The lowest BCUT2D eigenvalue weighted by atomic mass is 10.3. The fourth-order valence-corrected chi connectivity index (χ4v) is 3.55. The maximum absolute atomic E-state index is 11.9. The fraction of sp³-hybridized carbons (Fsp3) is 0.545. The second-order valence-electron chi connectivity index (χ2n) is 3.65. The highest BCUT2D eigenvalue weighted by Crippen LogP contribution is 2.30. The van der Waals surface area contributed by atoms with Crippen molar-refractivity contribution < 1.29 is 14.3 Å². The Morgan fingerprint density at radius 1 is 1.56 bits per heavy atom. The highest BCUT2D eigenvalue weighted by atomic mass is 32.2. The zero-order valence-corrected chi connectivity index (χ0v) is 11.0.